The molecule has 0 spiro atoms. The first-order valence-corrected chi connectivity index (χ1v) is 13.2. The topological polar surface area (TPSA) is 101 Å². The summed E-state index contributed by atoms with van der Waals surface area (Å²) in [6, 6.07) is 16.6. The highest BCUT2D eigenvalue weighted by atomic mass is 16.2. The molecule has 5 N–H and O–H groups in total. The van der Waals surface area contributed by atoms with Gasteiger partial charge in [0.15, 0.2) is 0 Å². The van der Waals surface area contributed by atoms with E-state index in [4.69, 9.17) is 16.5 Å². The number of para-hydroxylation sites is 1. The van der Waals surface area contributed by atoms with Crippen LogP contribution in [0.3, 0.4) is 0 Å². The minimum atomic E-state index is -0.408. The van der Waals surface area contributed by atoms with Gasteiger partial charge in [-0.2, -0.15) is 0 Å². The summed E-state index contributed by atoms with van der Waals surface area (Å²) in [7, 11) is 4.11. The Morgan fingerprint density at radius 2 is 1.81 bits per heavy atom. The van der Waals surface area contributed by atoms with E-state index in [1.54, 1.807) is 4.90 Å². The maximum absolute atomic E-state index is 12.6. The normalized spacial score (nSPS) is 17.7. The van der Waals surface area contributed by atoms with Crippen molar-refractivity contribution in [2.75, 3.05) is 29.2 Å². The van der Waals surface area contributed by atoms with Gasteiger partial charge >= 0.3 is 6.03 Å². The third-order valence-electron chi connectivity index (χ3n) is 7.27. The first kappa shape index (κ1) is 25.8. The van der Waals surface area contributed by atoms with Crippen LogP contribution in [-0.2, 0) is 13.0 Å². The molecule has 1 aliphatic rings. The van der Waals surface area contributed by atoms with Crippen LogP contribution in [0.2, 0.25) is 0 Å². The molecule has 192 valence electrons. The Labute approximate surface area is 214 Å². The van der Waals surface area contributed by atoms with Crippen molar-refractivity contribution in [3.8, 4) is 0 Å². The Morgan fingerprint density at radius 3 is 2.47 bits per heavy atom. The highest BCUT2D eigenvalue weighted by molar-refractivity contribution is 5.93. The largest absolute Gasteiger partial charge is 0.377 e. The molecule has 0 bridgehead atoms. The van der Waals surface area contributed by atoms with Gasteiger partial charge in [0, 0.05) is 49.9 Å². The zero-order valence-corrected chi connectivity index (χ0v) is 21.8. The number of rotatable bonds is 9. The van der Waals surface area contributed by atoms with E-state index >= 15 is 0 Å². The fourth-order valence-corrected chi connectivity index (χ4v) is 5.36. The summed E-state index contributed by atoms with van der Waals surface area (Å²) in [5, 5.41) is 4.80. The number of fused-ring (bicyclic) bond motifs is 1. The molecule has 0 unspecified atom stereocenters. The number of nitrogens with one attached hydrogen (secondary N) is 1. The highest BCUT2D eigenvalue weighted by Gasteiger charge is 2.30. The monoisotopic (exact) mass is 488 g/mol. The third-order valence-corrected chi connectivity index (χ3v) is 7.27. The van der Waals surface area contributed by atoms with E-state index < -0.39 is 6.03 Å². The van der Waals surface area contributed by atoms with Crippen molar-refractivity contribution in [2.45, 2.75) is 70.5 Å². The van der Waals surface area contributed by atoms with Gasteiger partial charge in [-0.05, 0) is 61.8 Å². The number of pyridine rings is 1. The molecule has 1 aliphatic carbocycles. The molecular formula is C29H40N6O. The highest BCUT2D eigenvalue weighted by Crippen LogP contribution is 2.33. The van der Waals surface area contributed by atoms with Crippen molar-refractivity contribution in [1.29, 1.82) is 0 Å². The molecule has 2 aromatic carbocycles. The van der Waals surface area contributed by atoms with E-state index in [0.29, 0.717) is 12.6 Å². The van der Waals surface area contributed by atoms with Crippen molar-refractivity contribution in [1.82, 2.24) is 4.98 Å². The van der Waals surface area contributed by atoms with Crippen LogP contribution in [0.5, 0.6) is 0 Å². The average Bonchev–Trinajstić information content (AvgIpc) is 2.88. The summed E-state index contributed by atoms with van der Waals surface area (Å²) in [6.07, 6.45) is 6.93. The maximum Gasteiger partial charge on any atom is 0.319 e. The van der Waals surface area contributed by atoms with E-state index in [0.717, 1.165) is 78.6 Å². The zero-order valence-electron chi connectivity index (χ0n) is 21.8. The molecule has 36 heavy (non-hydrogen) atoms. The Hall–Kier alpha value is -3.32. The molecule has 1 heterocycles. The van der Waals surface area contributed by atoms with Crippen molar-refractivity contribution in [3.63, 3.8) is 0 Å². The Balaban J connectivity index is 1.47. The van der Waals surface area contributed by atoms with Gasteiger partial charge in [0.1, 0.15) is 5.82 Å². The minimum absolute atomic E-state index is 0.0641. The van der Waals surface area contributed by atoms with Gasteiger partial charge in [-0.15, -0.1) is 0 Å². The molecule has 1 fully saturated rings. The number of carbonyl (C=O) groups excluding carboxylic acids is 1. The molecule has 0 saturated heterocycles. The van der Waals surface area contributed by atoms with Crippen molar-refractivity contribution in [3.05, 3.63) is 59.7 Å². The van der Waals surface area contributed by atoms with E-state index in [2.05, 4.69) is 61.6 Å². The SMILES string of the molecule is CCCCc1ccc(N(C(N)=O)[C@H]2CC[C@@H](Nc3cc(N(C)C)c4ccccc4n3)CC2)c(CN)c1. The summed E-state index contributed by atoms with van der Waals surface area (Å²) >= 11 is 0. The predicted molar refractivity (Wildman–Crippen MR) is 151 cm³/mol. The summed E-state index contributed by atoms with van der Waals surface area (Å²) in [6.45, 7) is 2.58. The number of amides is 2. The number of anilines is 3. The van der Waals surface area contributed by atoms with Crippen LogP contribution >= 0.6 is 0 Å². The fourth-order valence-electron chi connectivity index (χ4n) is 5.36. The van der Waals surface area contributed by atoms with Gasteiger partial charge in [-0.3, -0.25) is 4.90 Å². The van der Waals surface area contributed by atoms with Crippen molar-refractivity contribution >= 4 is 34.1 Å². The molecule has 3 aromatic rings. The quantitative estimate of drug-likeness (QED) is 0.374. The van der Waals surface area contributed by atoms with E-state index in [-0.39, 0.29) is 6.04 Å². The number of benzene rings is 2. The molecule has 7 heteroatoms. The first-order chi connectivity index (χ1) is 17.4. The predicted octanol–water partition coefficient (Wildman–Crippen LogP) is 5.41. The molecule has 2 amide bonds. The van der Waals surface area contributed by atoms with Crippen LogP contribution in [0.1, 0.15) is 56.6 Å². The summed E-state index contributed by atoms with van der Waals surface area (Å²) in [4.78, 5) is 21.4. The second-order valence-corrected chi connectivity index (χ2v) is 10.1. The standard InChI is InChI=1S/C29H40N6O/c1-4-5-8-20-11-16-26(21(17-20)19-30)35(29(31)36)23-14-12-22(13-15-23)32-28-18-27(34(2)3)24-9-6-7-10-25(24)33-28/h6-7,9-11,16-18,22-23H,4-5,8,12-15,19,30H2,1-3H3,(H2,31,36)(H,32,33)/t22-,23+. The van der Waals surface area contributed by atoms with Crippen molar-refractivity contribution < 1.29 is 4.79 Å². The minimum Gasteiger partial charge on any atom is -0.377 e. The number of urea groups is 1. The Kier molecular flexibility index (Phi) is 8.31. The van der Waals surface area contributed by atoms with E-state index in [1.165, 1.54) is 5.56 Å². The Bertz CT molecular complexity index is 1190. The summed E-state index contributed by atoms with van der Waals surface area (Å²) in [5.74, 6) is 0.890. The van der Waals surface area contributed by atoms with Gasteiger partial charge < -0.3 is 21.7 Å². The number of hydrogen-bond donors (Lipinski definition) is 3. The lowest BCUT2D eigenvalue weighted by molar-refractivity contribution is 0.248. The van der Waals surface area contributed by atoms with Gasteiger partial charge in [-0.1, -0.05) is 43.7 Å². The molecule has 0 atom stereocenters. The lowest BCUT2D eigenvalue weighted by Gasteiger charge is -2.37. The number of aromatic nitrogens is 1. The molecular weight excluding hydrogens is 448 g/mol. The summed E-state index contributed by atoms with van der Waals surface area (Å²) in [5.41, 5.74) is 17.2. The van der Waals surface area contributed by atoms with Crippen LogP contribution in [-0.4, -0.2) is 37.2 Å². The van der Waals surface area contributed by atoms with Crippen LogP contribution < -0.4 is 26.6 Å². The van der Waals surface area contributed by atoms with Crippen LogP contribution in [0, 0.1) is 0 Å². The van der Waals surface area contributed by atoms with Crippen molar-refractivity contribution in [2.24, 2.45) is 11.5 Å². The third kappa shape index (κ3) is 5.73. The average molecular weight is 489 g/mol. The number of aryl methyl sites for hydroxylation is 1. The molecule has 7 nitrogen and oxygen atoms in total. The molecule has 0 aliphatic heterocycles. The smallest absolute Gasteiger partial charge is 0.319 e. The Morgan fingerprint density at radius 1 is 1.06 bits per heavy atom. The van der Waals surface area contributed by atoms with Gasteiger partial charge in [0.25, 0.3) is 0 Å². The molecule has 1 saturated carbocycles. The lowest BCUT2D eigenvalue weighted by Crippen LogP contribution is -2.47. The van der Waals surface area contributed by atoms with Gasteiger partial charge in [0.05, 0.1) is 11.2 Å². The van der Waals surface area contributed by atoms with Crippen LogP contribution in [0.15, 0.2) is 48.5 Å². The lowest BCUT2D eigenvalue weighted by atomic mass is 9.89. The number of hydrogen-bond acceptors (Lipinski definition) is 5. The first-order valence-electron chi connectivity index (χ1n) is 13.2. The second kappa shape index (κ2) is 11.6. The number of primary amides is 1. The fraction of sp³-hybridized carbons (Fsp3) is 0.448. The van der Waals surface area contributed by atoms with Gasteiger partial charge in [0.2, 0.25) is 0 Å². The summed E-state index contributed by atoms with van der Waals surface area (Å²) < 4.78 is 0. The van der Waals surface area contributed by atoms with Gasteiger partial charge in [-0.25, -0.2) is 9.78 Å². The molecule has 1 aromatic heterocycles. The number of nitrogens with two attached hydrogens (primary N) is 2. The maximum atomic E-state index is 12.6. The van der Waals surface area contributed by atoms with E-state index in [9.17, 15) is 4.79 Å². The zero-order chi connectivity index (χ0) is 25.7. The van der Waals surface area contributed by atoms with Crippen LogP contribution in [0.4, 0.5) is 22.0 Å². The van der Waals surface area contributed by atoms with E-state index in [1.807, 2.05) is 18.2 Å². The second-order valence-electron chi connectivity index (χ2n) is 10.1. The number of carbonyl (C=O) groups is 1. The van der Waals surface area contributed by atoms with Crippen LogP contribution in [0.25, 0.3) is 10.9 Å². The number of unbranched alkanes of at least 4 members (excludes halogenated alkanes) is 1. The number of nitrogens with zero attached hydrogens (tertiary/aromatic N) is 3. The molecule has 4 rings (SSSR count). The molecule has 0 radical (unpaired) electrons.